The van der Waals surface area contributed by atoms with Gasteiger partial charge in [-0.2, -0.15) is 0 Å². The van der Waals surface area contributed by atoms with E-state index < -0.39 is 0 Å². The SMILES string of the molecule is CCOCCC1(CNC(=NC)NCCCC(=O)N2CCc3ccccc32)CCCC1. The average Bonchev–Trinajstić information content (AvgIpc) is 3.41. The van der Waals surface area contributed by atoms with Gasteiger partial charge in [0.2, 0.25) is 5.91 Å². The van der Waals surface area contributed by atoms with Gasteiger partial charge in [0, 0.05) is 52.0 Å². The molecule has 0 unspecified atom stereocenters. The van der Waals surface area contributed by atoms with E-state index in [9.17, 15) is 4.79 Å². The normalized spacial score (nSPS) is 17.8. The Balaban J connectivity index is 1.38. The second kappa shape index (κ2) is 11.3. The average molecular weight is 415 g/mol. The Bertz CT molecular complexity index is 713. The van der Waals surface area contributed by atoms with Gasteiger partial charge in [-0.3, -0.25) is 9.79 Å². The van der Waals surface area contributed by atoms with Crippen molar-refractivity contribution in [1.82, 2.24) is 10.6 Å². The first-order chi connectivity index (χ1) is 14.7. The first-order valence-electron chi connectivity index (χ1n) is 11.6. The summed E-state index contributed by atoms with van der Waals surface area (Å²) in [5.74, 6) is 1.04. The van der Waals surface area contributed by atoms with E-state index in [-0.39, 0.29) is 5.91 Å². The molecule has 0 aromatic heterocycles. The number of aliphatic imine (C=N–C) groups is 1. The number of anilines is 1. The molecule has 1 aromatic rings. The Hall–Kier alpha value is -2.08. The monoisotopic (exact) mass is 414 g/mol. The van der Waals surface area contributed by atoms with Crippen molar-refractivity contribution in [2.24, 2.45) is 10.4 Å². The fraction of sp³-hybridized carbons (Fsp3) is 0.667. The highest BCUT2D eigenvalue weighted by Crippen LogP contribution is 2.40. The van der Waals surface area contributed by atoms with Crippen molar-refractivity contribution in [2.75, 3.05) is 44.8 Å². The number of fused-ring (bicyclic) bond motifs is 1. The number of hydrogen-bond donors (Lipinski definition) is 2. The van der Waals surface area contributed by atoms with Crippen LogP contribution >= 0.6 is 0 Å². The summed E-state index contributed by atoms with van der Waals surface area (Å²) >= 11 is 0. The van der Waals surface area contributed by atoms with Crippen molar-refractivity contribution in [3.05, 3.63) is 29.8 Å². The van der Waals surface area contributed by atoms with E-state index in [1.54, 1.807) is 0 Å². The highest BCUT2D eigenvalue weighted by molar-refractivity contribution is 5.95. The number of carbonyl (C=O) groups excluding carboxylic acids is 1. The summed E-state index contributed by atoms with van der Waals surface area (Å²) in [4.78, 5) is 18.9. The number of hydrogen-bond acceptors (Lipinski definition) is 3. The van der Waals surface area contributed by atoms with Crippen molar-refractivity contribution in [3.8, 4) is 0 Å². The molecular formula is C24H38N4O2. The lowest BCUT2D eigenvalue weighted by molar-refractivity contribution is -0.118. The number of nitrogens with one attached hydrogen (secondary N) is 2. The molecule has 1 amide bonds. The van der Waals surface area contributed by atoms with Gasteiger partial charge in [-0.05, 0) is 56.1 Å². The first-order valence-corrected chi connectivity index (χ1v) is 11.6. The lowest BCUT2D eigenvalue weighted by Gasteiger charge is -2.30. The number of ether oxygens (including phenoxy) is 1. The number of guanidine groups is 1. The second-order valence-electron chi connectivity index (χ2n) is 8.53. The molecular weight excluding hydrogens is 376 g/mol. The van der Waals surface area contributed by atoms with Crippen molar-refractivity contribution in [2.45, 2.75) is 58.3 Å². The number of nitrogens with zero attached hydrogens (tertiary/aromatic N) is 2. The van der Waals surface area contributed by atoms with Gasteiger partial charge in [-0.25, -0.2) is 0 Å². The van der Waals surface area contributed by atoms with Gasteiger partial charge in [-0.1, -0.05) is 31.0 Å². The fourth-order valence-corrected chi connectivity index (χ4v) is 4.74. The lowest BCUT2D eigenvalue weighted by atomic mass is 9.83. The van der Waals surface area contributed by atoms with E-state index in [2.05, 4.69) is 34.7 Å². The quantitative estimate of drug-likeness (QED) is 0.349. The molecule has 1 fully saturated rings. The topological polar surface area (TPSA) is 66.0 Å². The molecule has 2 aliphatic rings. The molecule has 6 nitrogen and oxygen atoms in total. The molecule has 3 rings (SSSR count). The summed E-state index contributed by atoms with van der Waals surface area (Å²) in [6.07, 6.45) is 8.55. The van der Waals surface area contributed by atoms with Gasteiger partial charge in [-0.15, -0.1) is 0 Å². The molecule has 0 radical (unpaired) electrons. The minimum absolute atomic E-state index is 0.213. The van der Waals surface area contributed by atoms with Crippen LogP contribution in [-0.2, 0) is 16.0 Å². The molecule has 1 heterocycles. The predicted octanol–water partition coefficient (Wildman–Crippen LogP) is 3.51. The van der Waals surface area contributed by atoms with Crippen LogP contribution in [0.3, 0.4) is 0 Å². The molecule has 0 atom stereocenters. The molecule has 0 bridgehead atoms. The highest BCUT2D eigenvalue weighted by atomic mass is 16.5. The molecule has 2 N–H and O–H groups in total. The standard InChI is InChI=1S/C24H38N4O2/c1-3-30-18-15-24(13-6-7-14-24)19-27-23(25-2)26-16-8-11-22(29)28-17-12-20-9-4-5-10-21(20)28/h4-5,9-10H,3,6-8,11-19H2,1-2H3,(H2,25,26,27). The predicted molar refractivity (Wildman–Crippen MR) is 123 cm³/mol. The molecule has 1 aliphatic carbocycles. The van der Waals surface area contributed by atoms with Crippen LogP contribution in [-0.4, -0.2) is 51.8 Å². The van der Waals surface area contributed by atoms with E-state index in [4.69, 9.17) is 4.74 Å². The minimum Gasteiger partial charge on any atom is -0.382 e. The minimum atomic E-state index is 0.213. The number of benzene rings is 1. The van der Waals surface area contributed by atoms with Gasteiger partial charge in [0.05, 0.1) is 0 Å². The Morgan fingerprint density at radius 2 is 2.03 bits per heavy atom. The van der Waals surface area contributed by atoms with Crippen LogP contribution in [0.1, 0.15) is 57.4 Å². The first kappa shape index (κ1) is 22.6. The Morgan fingerprint density at radius 3 is 2.80 bits per heavy atom. The maximum atomic E-state index is 12.6. The Labute approximate surface area is 181 Å². The largest absolute Gasteiger partial charge is 0.382 e. The number of amides is 1. The summed E-state index contributed by atoms with van der Waals surface area (Å²) in [5, 5.41) is 6.90. The van der Waals surface area contributed by atoms with Gasteiger partial charge < -0.3 is 20.3 Å². The molecule has 6 heteroatoms. The van der Waals surface area contributed by atoms with Gasteiger partial charge in [0.1, 0.15) is 0 Å². The van der Waals surface area contributed by atoms with Crippen molar-refractivity contribution in [3.63, 3.8) is 0 Å². The van der Waals surface area contributed by atoms with Crippen molar-refractivity contribution >= 4 is 17.6 Å². The van der Waals surface area contributed by atoms with Crippen LogP contribution in [0.2, 0.25) is 0 Å². The molecule has 166 valence electrons. The summed E-state index contributed by atoms with van der Waals surface area (Å²) in [5.41, 5.74) is 2.69. The zero-order chi connectivity index (χ0) is 21.2. The smallest absolute Gasteiger partial charge is 0.227 e. The molecule has 1 aliphatic heterocycles. The molecule has 0 spiro atoms. The third-order valence-corrected chi connectivity index (χ3v) is 6.55. The summed E-state index contributed by atoms with van der Waals surface area (Å²) in [7, 11) is 1.81. The van der Waals surface area contributed by atoms with Gasteiger partial charge in [0.25, 0.3) is 0 Å². The van der Waals surface area contributed by atoms with E-state index in [0.717, 1.165) is 63.8 Å². The molecule has 1 aromatic carbocycles. The maximum absolute atomic E-state index is 12.6. The number of para-hydroxylation sites is 1. The van der Waals surface area contributed by atoms with Crippen LogP contribution in [0.25, 0.3) is 0 Å². The zero-order valence-electron chi connectivity index (χ0n) is 18.7. The van der Waals surface area contributed by atoms with Crippen LogP contribution < -0.4 is 15.5 Å². The second-order valence-corrected chi connectivity index (χ2v) is 8.53. The third-order valence-electron chi connectivity index (χ3n) is 6.55. The lowest BCUT2D eigenvalue weighted by Crippen LogP contribution is -2.43. The van der Waals surface area contributed by atoms with E-state index in [0.29, 0.717) is 11.8 Å². The zero-order valence-corrected chi connectivity index (χ0v) is 18.7. The summed E-state index contributed by atoms with van der Waals surface area (Å²) in [6.45, 7) is 6.16. The van der Waals surface area contributed by atoms with Gasteiger partial charge >= 0.3 is 0 Å². The summed E-state index contributed by atoms with van der Waals surface area (Å²) in [6, 6.07) is 8.22. The Kier molecular flexibility index (Phi) is 8.55. The van der Waals surface area contributed by atoms with Crippen LogP contribution in [0.5, 0.6) is 0 Å². The third kappa shape index (κ3) is 5.97. The van der Waals surface area contributed by atoms with Gasteiger partial charge in [0.15, 0.2) is 5.96 Å². The van der Waals surface area contributed by atoms with E-state index in [1.807, 2.05) is 24.1 Å². The number of rotatable bonds is 10. The van der Waals surface area contributed by atoms with Crippen LogP contribution in [0.4, 0.5) is 5.69 Å². The molecule has 1 saturated carbocycles. The van der Waals surface area contributed by atoms with Crippen molar-refractivity contribution < 1.29 is 9.53 Å². The van der Waals surface area contributed by atoms with E-state index >= 15 is 0 Å². The fourth-order valence-electron chi connectivity index (χ4n) is 4.74. The molecule has 30 heavy (non-hydrogen) atoms. The van der Waals surface area contributed by atoms with E-state index in [1.165, 1.54) is 31.2 Å². The Morgan fingerprint density at radius 1 is 1.23 bits per heavy atom. The van der Waals surface area contributed by atoms with Crippen LogP contribution in [0, 0.1) is 5.41 Å². The van der Waals surface area contributed by atoms with Crippen molar-refractivity contribution in [1.29, 1.82) is 0 Å². The highest BCUT2D eigenvalue weighted by Gasteiger charge is 2.33. The number of carbonyl (C=O) groups is 1. The van der Waals surface area contributed by atoms with Crippen LogP contribution in [0.15, 0.2) is 29.3 Å². The molecule has 0 saturated heterocycles. The summed E-state index contributed by atoms with van der Waals surface area (Å²) < 4.78 is 5.61. The maximum Gasteiger partial charge on any atom is 0.227 e.